The molecule has 1 atom stereocenters. The second-order valence-electron chi connectivity index (χ2n) is 4.88. The SMILES string of the molecule is Cc1nc(CCNCC2Cc3cc(Cl)ccc3O2)no1. The summed E-state index contributed by atoms with van der Waals surface area (Å²) in [4.78, 5) is 4.16. The van der Waals surface area contributed by atoms with Crippen LogP contribution in [0.1, 0.15) is 17.3 Å². The lowest BCUT2D eigenvalue weighted by molar-refractivity contribution is 0.228. The highest BCUT2D eigenvalue weighted by atomic mass is 35.5. The molecule has 0 aliphatic carbocycles. The van der Waals surface area contributed by atoms with Gasteiger partial charge in [0.05, 0.1) is 0 Å². The zero-order valence-electron chi connectivity index (χ0n) is 11.2. The van der Waals surface area contributed by atoms with Gasteiger partial charge in [-0.2, -0.15) is 4.98 Å². The lowest BCUT2D eigenvalue weighted by Crippen LogP contribution is -2.31. The van der Waals surface area contributed by atoms with Crippen LogP contribution < -0.4 is 10.1 Å². The van der Waals surface area contributed by atoms with Crippen molar-refractivity contribution in [2.45, 2.75) is 25.9 Å². The van der Waals surface area contributed by atoms with Gasteiger partial charge in [-0.1, -0.05) is 16.8 Å². The standard InChI is InChI=1S/C14H16ClN3O2/c1-9-17-14(18-20-9)4-5-16-8-12-7-10-6-11(15)2-3-13(10)19-12/h2-3,6,12,16H,4-5,7-8H2,1H3. The number of rotatable bonds is 5. The first-order chi connectivity index (χ1) is 9.70. The summed E-state index contributed by atoms with van der Waals surface area (Å²) in [7, 11) is 0. The maximum atomic E-state index is 5.97. The fourth-order valence-electron chi connectivity index (χ4n) is 2.31. The molecule has 2 aromatic rings. The van der Waals surface area contributed by atoms with Gasteiger partial charge >= 0.3 is 0 Å². The van der Waals surface area contributed by atoms with Gasteiger partial charge in [-0.3, -0.25) is 0 Å². The fraction of sp³-hybridized carbons (Fsp3) is 0.429. The van der Waals surface area contributed by atoms with Gasteiger partial charge in [-0.05, 0) is 23.8 Å². The van der Waals surface area contributed by atoms with Crippen LogP contribution in [0.3, 0.4) is 0 Å². The third-order valence-electron chi connectivity index (χ3n) is 3.23. The average Bonchev–Trinajstić information content (AvgIpc) is 3.00. The van der Waals surface area contributed by atoms with E-state index in [2.05, 4.69) is 15.5 Å². The molecule has 0 spiro atoms. The first kappa shape index (κ1) is 13.4. The van der Waals surface area contributed by atoms with Crippen LogP contribution in [0, 0.1) is 6.92 Å². The van der Waals surface area contributed by atoms with E-state index in [4.69, 9.17) is 20.9 Å². The Morgan fingerprint density at radius 3 is 3.15 bits per heavy atom. The number of hydrogen-bond donors (Lipinski definition) is 1. The maximum Gasteiger partial charge on any atom is 0.223 e. The lowest BCUT2D eigenvalue weighted by atomic mass is 10.1. The number of hydrogen-bond acceptors (Lipinski definition) is 5. The monoisotopic (exact) mass is 293 g/mol. The van der Waals surface area contributed by atoms with E-state index in [9.17, 15) is 0 Å². The zero-order valence-corrected chi connectivity index (χ0v) is 12.0. The van der Waals surface area contributed by atoms with Crippen molar-refractivity contribution in [1.29, 1.82) is 0 Å². The number of nitrogens with zero attached hydrogens (tertiary/aromatic N) is 2. The summed E-state index contributed by atoms with van der Waals surface area (Å²) in [5.41, 5.74) is 1.18. The topological polar surface area (TPSA) is 60.2 Å². The van der Waals surface area contributed by atoms with Crippen LogP contribution in [0.4, 0.5) is 0 Å². The van der Waals surface area contributed by atoms with Crippen molar-refractivity contribution in [1.82, 2.24) is 15.5 Å². The average molecular weight is 294 g/mol. The van der Waals surface area contributed by atoms with E-state index in [0.717, 1.165) is 42.5 Å². The predicted octanol–water partition coefficient (Wildman–Crippen LogP) is 2.17. The van der Waals surface area contributed by atoms with E-state index in [-0.39, 0.29) is 6.10 Å². The van der Waals surface area contributed by atoms with Crippen LogP contribution in [0.5, 0.6) is 5.75 Å². The van der Waals surface area contributed by atoms with E-state index < -0.39 is 0 Å². The summed E-state index contributed by atoms with van der Waals surface area (Å²) in [6, 6.07) is 5.76. The van der Waals surface area contributed by atoms with Crippen LogP contribution in [-0.2, 0) is 12.8 Å². The van der Waals surface area contributed by atoms with Gasteiger partial charge in [0.25, 0.3) is 0 Å². The molecule has 3 rings (SSSR count). The van der Waals surface area contributed by atoms with E-state index >= 15 is 0 Å². The Morgan fingerprint density at radius 2 is 2.35 bits per heavy atom. The van der Waals surface area contributed by atoms with Gasteiger partial charge in [-0.15, -0.1) is 0 Å². The van der Waals surface area contributed by atoms with E-state index in [0.29, 0.717) is 5.89 Å². The van der Waals surface area contributed by atoms with Crippen molar-refractivity contribution >= 4 is 11.6 Å². The number of benzene rings is 1. The Hall–Kier alpha value is -1.59. The molecule has 1 N–H and O–H groups in total. The van der Waals surface area contributed by atoms with Crippen molar-refractivity contribution in [3.8, 4) is 5.75 Å². The van der Waals surface area contributed by atoms with Gasteiger partial charge in [0.15, 0.2) is 5.82 Å². The molecule has 1 aliphatic rings. The van der Waals surface area contributed by atoms with Crippen molar-refractivity contribution in [2.75, 3.05) is 13.1 Å². The summed E-state index contributed by atoms with van der Waals surface area (Å²) >= 11 is 5.97. The molecule has 0 amide bonds. The van der Waals surface area contributed by atoms with Crippen molar-refractivity contribution in [2.24, 2.45) is 0 Å². The lowest BCUT2D eigenvalue weighted by Gasteiger charge is -2.11. The molecular weight excluding hydrogens is 278 g/mol. The van der Waals surface area contributed by atoms with Crippen molar-refractivity contribution in [3.05, 3.63) is 40.5 Å². The Balaban J connectivity index is 1.42. The molecule has 5 nitrogen and oxygen atoms in total. The summed E-state index contributed by atoms with van der Waals surface area (Å²) in [6.07, 6.45) is 1.81. The van der Waals surface area contributed by atoms with Gasteiger partial charge in [0, 0.05) is 37.9 Å². The van der Waals surface area contributed by atoms with Crippen LogP contribution in [0.15, 0.2) is 22.7 Å². The minimum absolute atomic E-state index is 0.162. The maximum absolute atomic E-state index is 5.97. The molecule has 1 aliphatic heterocycles. The number of aromatic nitrogens is 2. The number of halogens is 1. The van der Waals surface area contributed by atoms with Crippen molar-refractivity contribution < 1.29 is 9.26 Å². The Labute approximate surface area is 122 Å². The first-order valence-corrected chi connectivity index (χ1v) is 7.03. The van der Waals surface area contributed by atoms with E-state index in [1.165, 1.54) is 5.56 Å². The van der Waals surface area contributed by atoms with Crippen LogP contribution in [0.2, 0.25) is 5.02 Å². The molecular formula is C14H16ClN3O2. The van der Waals surface area contributed by atoms with Gasteiger partial charge in [0.2, 0.25) is 5.89 Å². The highest BCUT2D eigenvalue weighted by Gasteiger charge is 2.22. The van der Waals surface area contributed by atoms with Crippen LogP contribution in [0.25, 0.3) is 0 Å². The summed E-state index contributed by atoms with van der Waals surface area (Å²) < 4.78 is 10.8. The number of ether oxygens (including phenoxy) is 1. The summed E-state index contributed by atoms with van der Waals surface area (Å²) in [5, 5.41) is 7.97. The number of nitrogens with one attached hydrogen (secondary N) is 1. The van der Waals surface area contributed by atoms with E-state index in [1.54, 1.807) is 6.92 Å². The van der Waals surface area contributed by atoms with E-state index in [1.807, 2.05) is 18.2 Å². The molecule has 106 valence electrons. The van der Waals surface area contributed by atoms with Gasteiger partial charge in [0.1, 0.15) is 11.9 Å². The van der Waals surface area contributed by atoms with Gasteiger partial charge in [-0.25, -0.2) is 0 Å². The third kappa shape index (κ3) is 3.11. The highest BCUT2D eigenvalue weighted by Crippen LogP contribution is 2.30. The second kappa shape index (κ2) is 5.81. The molecule has 0 radical (unpaired) electrons. The summed E-state index contributed by atoms with van der Waals surface area (Å²) in [5.74, 6) is 2.28. The minimum Gasteiger partial charge on any atom is -0.488 e. The number of aryl methyl sites for hydroxylation is 1. The van der Waals surface area contributed by atoms with Crippen LogP contribution >= 0.6 is 11.6 Å². The smallest absolute Gasteiger partial charge is 0.223 e. The molecule has 20 heavy (non-hydrogen) atoms. The Kier molecular flexibility index (Phi) is 3.89. The van der Waals surface area contributed by atoms with Crippen molar-refractivity contribution in [3.63, 3.8) is 0 Å². The molecule has 6 heteroatoms. The minimum atomic E-state index is 0.162. The highest BCUT2D eigenvalue weighted by molar-refractivity contribution is 6.30. The first-order valence-electron chi connectivity index (χ1n) is 6.66. The molecule has 1 aromatic heterocycles. The molecule has 1 unspecified atom stereocenters. The molecule has 0 saturated heterocycles. The molecule has 0 bridgehead atoms. The molecule has 1 aromatic carbocycles. The summed E-state index contributed by atoms with van der Waals surface area (Å²) in [6.45, 7) is 3.39. The quantitative estimate of drug-likeness (QED) is 0.856. The largest absolute Gasteiger partial charge is 0.488 e. The van der Waals surface area contributed by atoms with Gasteiger partial charge < -0.3 is 14.6 Å². The third-order valence-corrected chi connectivity index (χ3v) is 3.47. The Bertz CT molecular complexity index is 600. The number of fused-ring (bicyclic) bond motifs is 1. The molecule has 2 heterocycles. The Morgan fingerprint density at radius 1 is 1.45 bits per heavy atom. The second-order valence-corrected chi connectivity index (χ2v) is 5.32. The predicted molar refractivity (Wildman–Crippen MR) is 75.2 cm³/mol. The molecule has 0 saturated carbocycles. The van der Waals surface area contributed by atoms with Crippen LogP contribution in [-0.4, -0.2) is 29.3 Å². The normalized spacial score (nSPS) is 17.0. The zero-order chi connectivity index (χ0) is 13.9. The fourth-order valence-corrected chi connectivity index (χ4v) is 2.50. The molecule has 0 fully saturated rings.